The van der Waals surface area contributed by atoms with Gasteiger partial charge in [-0.1, -0.05) is 30.3 Å². The maximum absolute atomic E-state index is 5.87. The van der Waals surface area contributed by atoms with Crippen LogP contribution in [0.25, 0.3) is 22.4 Å². The number of nitrogen functional groups attached to an aromatic ring is 1. The molecule has 0 spiro atoms. The summed E-state index contributed by atoms with van der Waals surface area (Å²) in [4.78, 5) is 4.09. The van der Waals surface area contributed by atoms with Crippen LogP contribution in [-0.4, -0.2) is 30.2 Å². The first-order valence-corrected chi connectivity index (χ1v) is 7.39. The van der Waals surface area contributed by atoms with Crippen molar-refractivity contribution in [2.45, 2.75) is 6.61 Å². The number of fused-ring (bicyclic) bond motifs is 1. The molecule has 0 atom stereocenters. The van der Waals surface area contributed by atoms with Gasteiger partial charge in [-0.15, -0.1) is 5.10 Å². The zero-order valence-corrected chi connectivity index (χ0v) is 13.0. The number of nitrogens with zero attached hydrogens (tertiary/aromatic N) is 5. The van der Waals surface area contributed by atoms with Gasteiger partial charge in [0.15, 0.2) is 11.3 Å². The topological polar surface area (TPSA) is 108 Å². The lowest BCUT2D eigenvalue weighted by molar-refractivity contribution is 0.298. The number of aromatic amines is 1. The Balaban J connectivity index is 1.60. The SMILES string of the molecule is Cn1nc(-c2ccccc2)cc1COc1cc(N)nc2n[nH]nc12. The number of rotatable bonds is 4. The molecule has 1 aromatic carbocycles. The van der Waals surface area contributed by atoms with Crippen LogP contribution < -0.4 is 10.5 Å². The largest absolute Gasteiger partial charge is 0.485 e. The summed E-state index contributed by atoms with van der Waals surface area (Å²) in [6.45, 7) is 0.335. The molecular formula is C16H15N7O. The smallest absolute Gasteiger partial charge is 0.207 e. The van der Waals surface area contributed by atoms with E-state index in [0.717, 1.165) is 17.0 Å². The molecule has 0 bridgehead atoms. The van der Waals surface area contributed by atoms with Gasteiger partial charge in [-0.3, -0.25) is 4.68 Å². The van der Waals surface area contributed by atoms with Crippen molar-refractivity contribution in [3.8, 4) is 17.0 Å². The molecule has 8 heteroatoms. The van der Waals surface area contributed by atoms with E-state index in [9.17, 15) is 0 Å². The fourth-order valence-corrected chi connectivity index (χ4v) is 2.48. The molecule has 0 aliphatic rings. The van der Waals surface area contributed by atoms with Crippen molar-refractivity contribution in [2.24, 2.45) is 7.05 Å². The molecule has 0 amide bonds. The third-order valence-corrected chi connectivity index (χ3v) is 3.70. The van der Waals surface area contributed by atoms with E-state index in [0.29, 0.717) is 29.3 Å². The number of hydrogen-bond acceptors (Lipinski definition) is 6. The van der Waals surface area contributed by atoms with Crippen molar-refractivity contribution < 1.29 is 4.74 Å². The van der Waals surface area contributed by atoms with Crippen LogP contribution in [0.2, 0.25) is 0 Å². The van der Waals surface area contributed by atoms with E-state index in [1.165, 1.54) is 0 Å². The monoisotopic (exact) mass is 321 g/mol. The maximum Gasteiger partial charge on any atom is 0.207 e. The highest BCUT2D eigenvalue weighted by atomic mass is 16.5. The number of nitrogens with one attached hydrogen (secondary N) is 1. The van der Waals surface area contributed by atoms with Crippen molar-refractivity contribution in [3.63, 3.8) is 0 Å². The van der Waals surface area contributed by atoms with E-state index in [1.807, 2.05) is 43.4 Å². The van der Waals surface area contributed by atoms with Gasteiger partial charge in [-0.2, -0.15) is 15.4 Å². The molecule has 0 saturated heterocycles. The molecule has 4 aromatic rings. The second kappa shape index (κ2) is 5.65. The molecule has 3 heterocycles. The first-order chi connectivity index (χ1) is 11.7. The Labute approximate surface area is 137 Å². The number of anilines is 1. The zero-order chi connectivity index (χ0) is 16.5. The van der Waals surface area contributed by atoms with Gasteiger partial charge in [0.1, 0.15) is 12.4 Å². The quantitative estimate of drug-likeness (QED) is 0.594. The Kier molecular flexibility index (Phi) is 3.34. The number of benzene rings is 1. The Bertz CT molecular complexity index is 990. The van der Waals surface area contributed by atoms with Gasteiger partial charge < -0.3 is 10.5 Å². The summed E-state index contributed by atoms with van der Waals surface area (Å²) in [6.07, 6.45) is 0. The van der Waals surface area contributed by atoms with E-state index >= 15 is 0 Å². The molecular weight excluding hydrogens is 306 g/mol. The van der Waals surface area contributed by atoms with E-state index in [-0.39, 0.29) is 0 Å². The Hall–Kier alpha value is -3.42. The highest BCUT2D eigenvalue weighted by molar-refractivity contribution is 5.78. The molecule has 0 radical (unpaired) electrons. The molecule has 24 heavy (non-hydrogen) atoms. The Morgan fingerprint density at radius 1 is 1.17 bits per heavy atom. The van der Waals surface area contributed by atoms with Crippen LogP contribution in [0.4, 0.5) is 5.82 Å². The lowest BCUT2D eigenvalue weighted by Crippen LogP contribution is -2.04. The number of ether oxygens (including phenoxy) is 1. The molecule has 0 fully saturated rings. The lowest BCUT2D eigenvalue weighted by atomic mass is 10.1. The number of aryl methyl sites for hydroxylation is 1. The van der Waals surface area contributed by atoms with Gasteiger partial charge in [0, 0.05) is 18.7 Å². The zero-order valence-electron chi connectivity index (χ0n) is 13.0. The molecule has 0 aliphatic heterocycles. The second-order valence-electron chi connectivity index (χ2n) is 5.34. The lowest BCUT2D eigenvalue weighted by Gasteiger charge is -2.06. The van der Waals surface area contributed by atoms with Gasteiger partial charge in [0.2, 0.25) is 5.65 Å². The van der Waals surface area contributed by atoms with Gasteiger partial charge >= 0.3 is 0 Å². The van der Waals surface area contributed by atoms with Crippen LogP contribution in [0, 0.1) is 0 Å². The molecule has 0 aliphatic carbocycles. The summed E-state index contributed by atoms with van der Waals surface area (Å²) >= 11 is 0. The standard InChI is InChI=1S/C16H15N7O/c1-23-11(7-12(21-23)10-5-3-2-4-6-10)9-24-13-8-14(17)18-16-15(13)19-22-20-16/h2-8H,9H2,1H3,(H3,17,18,19,20,22). The number of nitrogens with two attached hydrogens (primary N) is 1. The molecule has 8 nitrogen and oxygen atoms in total. The van der Waals surface area contributed by atoms with Crippen LogP contribution in [0.15, 0.2) is 42.5 Å². The minimum atomic E-state index is 0.335. The van der Waals surface area contributed by atoms with Crippen molar-refractivity contribution in [1.29, 1.82) is 0 Å². The highest BCUT2D eigenvalue weighted by Gasteiger charge is 2.12. The fourth-order valence-electron chi connectivity index (χ4n) is 2.48. The third kappa shape index (κ3) is 2.54. The maximum atomic E-state index is 5.87. The predicted octanol–water partition coefficient (Wildman–Crippen LogP) is 1.91. The van der Waals surface area contributed by atoms with Gasteiger partial charge in [-0.05, 0) is 6.07 Å². The van der Waals surface area contributed by atoms with Gasteiger partial charge in [0.05, 0.1) is 11.4 Å². The summed E-state index contributed by atoms with van der Waals surface area (Å²) in [5.74, 6) is 0.870. The summed E-state index contributed by atoms with van der Waals surface area (Å²) in [7, 11) is 1.89. The van der Waals surface area contributed by atoms with Gasteiger partial charge in [0.25, 0.3) is 0 Å². The normalized spacial score (nSPS) is 11.0. The number of pyridine rings is 1. The van der Waals surface area contributed by atoms with Crippen molar-refractivity contribution in [3.05, 3.63) is 48.2 Å². The van der Waals surface area contributed by atoms with Crippen LogP contribution >= 0.6 is 0 Å². The first-order valence-electron chi connectivity index (χ1n) is 7.39. The minimum absolute atomic E-state index is 0.335. The molecule has 120 valence electrons. The number of H-pyrrole nitrogens is 1. The van der Waals surface area contributed by atoms with Crippen molar-refractivity contribution >= 4 is 17.0 Å². The average molecular weight is 321 g/mol. The van der Waals surface area contributed by atoms with Crippen molar-refractivity contribution in [2.75, 3.05) is 5.73 Å². The summed E-state index contributed by atoms with van der Waals surface area (Å²) in [5.41, 5.74) is 9.65. The van der Waals surface area contributed by atoms with Crippen molar-refractivity contribution in [1.82, 2.24) is 30.2 Å². The average Bonchev–Trinajstić information content (AvgIpc) is 3.20. The van der Waals surface area contributed by atoms with E-state index < -0.39 is 0 Å². The highest BCUT2D eigenvalue weighted by Crippen LogP contribution is 2.25. The summed E-state index contributed by atoms with van der Waals surface area (Å²) < 4.78 is 7.67. The second-order valence-corrected chi connectivity index (χ2v) is 5.34. The third-order valence-electron chi connectivity index (χ3n) is 3.70. The number of hydrogen-bond donors (Lipinski definition) is 2. The van der Waals surface area contributed by atoms with Crippen LogP contribution in [-0.2, 0) is 13.7 Å². The summed E-state index contributed by atoms with van der Waals surface area (Å²) in [5, 5.41) is 15.0. The fraction of sp³-hybridized carbons (Fsp3) is 0.125. The molecule has 0 unspecified atom stereocenters. The van der Waals surface area contributed by atoms with Crippen LogP contribution in [0.5, 0.6) is 5.75 Å². The summed E-state index contributed by atoms with van der Waals surface area (Å²) in [6, 6.07) is 13.6. The van der Waals surface area contributed by atoms with E-state index in [4.69, 9.17) is 10.5 Å². The first kappa shape index (κ1) is 14.2. The molecule has 0 saturated carbocycles. The van der Waals surface area contributed by atoms with E-state index in [2.05, 4.69) is 25.5 Å². The van der Waals surface area contributed by atoms with Gasteiger partial charge in [-0.25, -0.2) is 4.98 Å². The Morgan fingerprint density at radius 2 is 2.00 bits per heavy atom. The van der Waals surface area contributed by atoms with Crippen LogP contribution in [0.3, 0.4) is 0 Å². The van der Waals surface area contributed by atoms with E-state index in [1.54, 1.807) is 10.7 Å². The Morgan fingerprint density at radius 3 is 2.83 bits per heavy atom. The predicted molar refractivity (Wildman–Crippen MR) is 89.1 cm³/mol. The minimum Gasteiger partial charge on any atom is -0.485 e. The number of aromatic nitrogens is 6. The van der Waals surface area contributed by atoms with Crippen LogP contribution in [0.1, 0.15) is 5.69 Å². The molecule has 3 N–H and O–H groups in total. The molecule has 4 rings (SSSR count). The molecule has 3 aromatic heterocycles.